The molecule has 1 aliphatic carbocycles. The summed E-state index contributed by atoms with van der Waals surface area (Å²) in [6.45, 7) is 0.415. The average Bonchev–Trinajstić information content (AvgIpc) is 3.35. The lowest BCUT2D eigenvalue weighted by atomic mass is 10.1. The normalized spacial score (nSPS) is 21.6. The minimum Gasteiger partial charge on any atom is -0.348 e. The molecular formula is C18H20N2O. The van der Waals surface area contributed by atoms with Gasteiger partial charge in [0.1, 0.15) is 0 Å². The zero-order chi connectivity index (χ0) is 14.7. The molecule has 0 aliphatic heterocycles. The summed E-state index contributed by atoms with van der Waals surface area (Å²) in [4.78, 5) is 12.4. The Morgan fingerprint density at radius 1 is 1.10 bits per heavy atom. The first-order valence-corrected chi connectivity index (χ1v) is 7.40. The van der Waals surface area contributed by atoms with E-state index in [4.69, 9.17) is 5.73 Å². The van der Waals surface area contributed by atoms with E-state index in [9.17, 15) is 4.79 Å². The summed E-state index contributed by atoms with van der Waals surface area (Å²) in [5.74, 6) is 0.564. The Labute approximate surface area is 125 Å². The Morgan fingerprint density at radius 2 is 1.71 bits per heavy atom. The van der Waals surface area contributed by atoms with Gasteiger partial charge in [-0.3, -0.25) is 4.79 Å². The average molecular weight is 280 g/mol. The number of hydrogen-bond donors (Lipinski definition) is 2. The minimum absolute atomic E-state index is 0.0881. The number of carbonyl (C=O) groups is 1. The third-order valence-electron chi connectivity index (χ3n) is 4.11. The van der Waals surface area contributed by atoms with E-state index in [-0.39, 0.29) is 17.9 Å². The minimum atomic E-state index is -0.101. The molecule has 0 aromatic heterocycles. The summed E-state index contributed by atoms with van der Waals surface area (Å²) in [5.41, 5.74) is 8.12. The maximum absolute atomic E-state index is 12.4. The van der Waals surface area contributed by atoms with Gasteiger partial charge in [0.25, 0.3) is 0 Å². The van der Waals surface area contributed by atoms with Crippen molar-refractivity contribution in [3.05, 3.63) is 71.8 Å². The number of benzene rings is 2. The molecule has 1 fully saturated rings. The van der Waals surface area contributed by atoms with Crippen LogP contribution < -0.4 is 11.1 Å². The third-order valence-corrected chi connectivity index (χ3v) is 4.11. The highest BCUT2D eigenvalue weighted by molar-refractivity contribution is 5.83. The van der Waals surface area contributed by atoms with Crippen molar-refractivity contribution >= 4 is 5.91 Å². The highest BCUT2D eigenvalue weighted by Gasteiger charge is 2.44. The fraction of sp³-hybridized carbons (Fsp3) is 0.278. The predicted octanol–water partition coefficient (Wildman–Crippen LogP) is 2.61. The van der Waals surface area contributed by atoms with Crippen LogP contribution in [0.15, 0.2) is 60.7 Å². The summed E-state index contributed by atoms with van der Waals surface area (Å²) < 4.78 is 0. The van der Waals surface area contributed by atoms with E-state index in [1.54, 1.807) is 0 Å². The van der Waals surface area contributed by atoms with E-state index in [2.05, 4.69) is 17.4 Å². The third kappa shape index (κ3) is 3.14. The number of amides is 1. The van der Waals surface area contributed by atoms with Gasteiger partial charge in [0, 0.05) is 12.5 Å². The fourth-order valence-corrected chi connectivity index (χ4v) is 2.80. The van der Waals surface area contributed by atoms with Gasteiger partial charge in [0.2, 0.25) is 5.91 Å². The fourth-order valence-electron chi connectivity index (χ4n) is 2.80. The van der Waals surface area contributed by atoms with Crippen LogP contribution >= 0.6 is 0 Å². The molecule has 3 heteroatoms. The molecule has 2 aromatic rings. The summed E-state index contributed by atoms with van der Waals surface area (Å²) in [6, 6.07) is 20.0. The van der Waals surface area contributed by atoms with Crippen molar-refractivity contribution in [1.29, 1.82) is 0 Å². The summed E-state index contributed by atoms with van der Waals surface area (Å²) in [5, 5.41) is 3.08. The van der Waals surface area contributed by atoms with Crippen LogP contribution in [0.3, 0.4) is 0 Å². The molecule has 108 valence electrons. The summed E-state index contributed by atoms with van der Waals surface area (Å²) in [7, 11) is 0. The molecule has 0 spiro atoms. The molecule has 0 saturated heterocycles. The quantitative estimate of drug-likeness (QED) is 0.884. The SMILES string of the molecule is NCC(NC(=O)C1CC1c1ccccc1)c1ccccc1. The molecule has 3 unspecified atom stereocenters. The van der Waals surface area contributed by atoms with Gasteiger partial charge in [-0.1, -0.05) is 60.7 Å². The van der Waals surface area contributed by atoms with Crippen LogP contribution in [-0.4, -0.2) is 12.5 Å². The monoisotopic (exact) mass is 280 g/mol. The van der Waals surface area contributed by atoms with Gasteiger partial charge in [-0.05, 0) is 23.5 Å². The largest absolute Gasteiger partial charge is 0.348 e. The summed E-state index contributed by atoms with van der Waals surface area (Å²) in [6.07, 6.45) is 0.932. The van der Waals surface area contributed by atoms with Crippen LogP contribution in [0.5, 0.6) is 0 Å². The number of nitrogens with one attached hydrogen (secondary N) is 1. The Bertz CT molecular complexity index is 597. The first-order chi connectivity index (χ1) is 10.3. The molecular weight excluding hydrogens is 260 g/mol. The van der Waals surface area contributed by atoms with Crippen LogP contribution in [0.1, 0.15) is 29.5 Å². The zero-order valence-electron chi connectivity index (χ0n) is 11.9. The van der Waals surface area contributed by atoms with Gasteiger partial charge in [0.05, 0.1) is 6.04 Å². The molecule has 2 aromatic carbocycles. The van der Waals surface area contributed by atoms with Crippen molar-refractivity contribution in [2.24, 2.45) is 11.7 Å². The number of carbonyl (C=O) groups excluding carboxylic acids is 1. The second kappa shape index (κ2) is 6.10. The van der Waals surface area contributed by atoms with Crippen LogP contribution in [0.2, 0.25) is 0 Å². The van der Waals surface area contributed by atoms with Gasteiger partial charge in [-0.25, -0.2) is 0 Å². The molecule has 21 heavy (non-hydrogen) atoms. The standard InChI is InChI=1S/C18H20N2O/c19-12-17(14-9-5-2-6-10-14)20-18(21)16-11-15(16)13-7-3-1-4-8-13/h1-10,15-17H,11-12,19H2,(H,20,21). The van der Waals surface area contributed by atoms with Crippen LogP contribution in [0.4, 0.5) is 0 Å². The number of nitrogens with two attached hydrogens (primary N) is 1. The van der Waals surface area contributed by atoms with Crippen molar-refractivity contribution in [2.45, 2.75) is 18.4 Å². The number of rotatable bonds is 5. The molecule has 1 amide bonds. The summed E-state index contributed by atoms with van der Waals surface area (Å²) >= 11 is 0. The van der Waals surface area contributed by atoms with Crippen molar-refractivity contribution in [1.82, 2.24) is 5.32 Å². The lowest BCUT2D eigenvalue weighted by Gasteiger charge is -2.17. The molecule has 1 saturated carbocycles. The molecule has 3 atom stereocenters. The number of hydrogen-bond acceptors (Lipinski definition) is 2. The van der Waals surface area contributed by atoms with Crippen molar-refractivity contribution in [3.63, 3.8) is 0 Å². The molecule has 0 heterocycles. The molecule has 0 bridgehead atoms. The zero-order valence-corrected chi connectivity index (χ0v) is 11.9. The van der Waals surface area contributed by atoms with Gasteiger partial charge in [-0.2, -0.15) is 0 Å². The Balaban J connectivity index is 1.62. The molecule has 3 rings (SSSR count). The van der Waals surface area contributed by atoms with Crippen molar-refractivity contribution < 1.29 is 4.79 Å². The molecule has 3 N–H and O–H groups in total. The van der Waals surface area contributed by atoms with E-state index in [1.807, 2.05) is 48.5 Å². The van der Waals surface area contributed by atoms with Gasteiger partial charge < -0.3 is 11.1 Å². The lowest BCUT2D eigenvalue weighted by Crippen LogP contribution is -2.34. The van der Waals surface area contributed by atoms with Crippen LogP contribution in [-0.2, 0) is 4.79 Å². The molecule has 3 nitrogen and oxygen atoms in total. The van der Waals surface area contributed by atoms with Crippen LogP contribution in [0.25, 0.3) is 0 Å². The first kappa shape index (κ1) is 13.8. The highest BCUT2D eigenvalue weighted by atomic mass is 16.2. The highest BCUT2D eigenvalue weighted by Crippen LogP contribution is 2.47. The van der Waals surface area contributed by atoms with E-state index in [1.165, 1.54) is 5.56 Å². The Kier molecular flexibility index (Phi) is 4.02. The molecule has 1 aliphatic rings. The topological polar surface area (TPSA) is 55.1 Å². The van der Waals surface area contributed by atoms with Crippen molar-refractivity contribution in [2.75, 3.05) is 6.54 Å². The lowest BCUT2D eigenvalue weighted by molar-refractivity contribution is -0.123. The maximum Gasteiger partial charge on any atom is 0.224 e. The second-order valence-corrected chi connectivity index (χ2v) is 5.57. The Morgan fingerprint density at radius 3 is 2.33 bits per heavy atom. The van der Waals surface area contributed by atoms with Gasteiger partial charge in [-0.15, -0.1) is 0 Å². The molecule has 0 radical (unpaired) electrons. The maximum atomic E-state index is 12.4. The smallest absolute Gasteiger partial charge is 0.224 e. The van der Waals surface area contributed by atoms with E-state index in [0.717, 1.165) is 12.0 Å². The van der Waals surface area contributed by atoms with Crippen molar-refractivity contribution in [3.8, 4) is 0 Å². The second-order valence-electron chi connectivity index (χ2n) is 5.57. The van der Waals surface area contributed by atoms with Gasteiger partial charge >= 0.3 is 0 Å². The van der Waals surface area contributed by atoms with Gasteiger partial charge in [0.15, 0.2) is 0 Å². The van der Waals surface area contributed by atoms with E-state index >= 15 is 0 Å². The predicted molar refractivity (Wildman–Crippen MR) is 83.7 cm³/mol. The van der Waals surface area contributed by atoms with E-state index in [0.29, 0.717) is 12.5 Å². The van der Waals surface area contributed by atoms with E-state index < -0.39 is 0 Å². The van der Waals surface area contributed by atoms with Crippen LogP contribution in [0, 0.1) is 5.92 Å². The first-order valence-electron chi connectivity index (χ1n) is 7.40. The Hall–Kier alpha value is -2.13.